The number of aryl methyl sites for hydroxylation is 1. The number of carbonyl (C=O) groups is 1. The van der Waals surface area contributed by atoms with Gasteiger partial charge in [0.25, 0.3) is 0 Å². The Hall–Kier alpha value is -2.25. The third kappa shape index (κ3) is 4.87. The molecule has 0 fully saturated rings. The first-order chi connectivity index (χ1) is 11.2. The highest BCUT2D eigenvalue weighted by atomic mass is 35.5. The van der Waals surface area contributed by atoms with Crippen molar-refractivity contribution >= 4 is 18.3 Å². The number of nitrogens with one attached hydrogen (secondary N) is 2. The fourth-order valence-electron chi connectivity index (χ4n) is 2.35. The van der Waals surface area contributed by atoms with Crippen LogP contribution < -0.4 is 10.6 Å². The van der Waals surface area contributed by atoms with Crippen molar-refractivity contribution in [3.8, 4) is 11.4 Å². The van der Waals surface area contributed by atoms with Gasteiger partial charge in [-0.2, -0.15) is 4.80 Å². The summed E-state index contributed by atoms with van der Waals surface area (Å²) in [5, 5.41) is 18.3. The lowest BCUT2D eigenvalue weighted by atomic mass is 10.1. The number of nitrogens with zero attached hydrogens (tertiary/aromatic N) is 4. The minimum Gasteiger partial charge on any atom is -0.351 e. The van der Waals surface area contributed by atoms with E-state index in [4.69, 9.17) is 0 Å². The van der Waals surface area contributed by atoms with Crippen LogP contribution in [0.15, 0.2) is 35.9 Å². The van der Waals surface area contributed by atoms with Gasteiger partial charge >= 0.3 is 0 Å². The summed E-state index contributed by atoms with van der Waals surface area (Å²) in [5.74, 6) is 0.413. The average Bonchev–Trinajstić information content (AvgIpc) is 3.03. The molecule has 1 aliphatic heterocycles. The molecule has 1 aromatic heterocycles. The third-order valence-corrected chi connectivity index (χ3v) is 3.72. The van der Waals surface area contributed by atoms with Crippen molar-refractivity contribution in [2.75, 3.05) is 19.6 Å². The molecule has 2 heterocycles. The van der Waals surface area contributed by atoms with Gasteiger partial charge in [-0.05, 0) is 25.1 Å². The van der Waals surface area contributed by atoms with Crippen molar-refractivity contribution in [1.82, 2.24) is 30.8 Å². The maximum atomic E-state index is 12.0. The van der Waals surface area contributed by atoms with Gasteiger partial charge < -0.3 is 10.6 Å². The molecule has 3 rings (SSSR count). The van der Waals surface area contributed by atoms with Crippen LogP contribution in [0.2, 0.25) is 0 Å². The first-order valence-corrected chi connectivity index (χ1v) is 7.71. The molecule has 0 bridgehead atoms. The van der Waals surface area contributed by atoms with Crippen molar-refractivity contribution in [3.63, 3.8) is 0 Å². The molecule has 24 heavy (non-hydrogen) atoms. The molecule has 0 aliphatic carbocycles. The van der Waals surface area contributed by atoms with E-state index in [9.17, 15) is 4.79 Å². The van der Waals surface area contributed by atoms with Crippen molar-refractivity contribution in [2.45, 2.75) is 19.9 Å². The lowest BCUT2D eigenvalue weighted by molar-refractivity contribution is -0.121. The van der Waals surface area contributed by atoms with Crippen LogP contribution in [0.25, 0.3) is 11.4 Å². The second kappa shape index (κ2) is 8.56. The first kappa shape index (κ1) is 18.1. The standard InChI is InChI=1S/C16H20N6O.ClH/c1-12-2-4-14(5-3-12)16-19-21-22(20-16)11-15(23)18-10-13-6-8-17-9-7-13;/h2-6,17H,7-11H2,1H3,(H,18,23);1H. The summed E-state index contributed by atoms with van der Waals surface area (Å²) in [6.45, 7) is 4.52. The normalized spacial score (nSPS) is 13.8. The van der Waals surface area contributed by atoms with Gasteiger partial charge in [0.15, 0.2) is 0 Å². The van der Waals surface area contributed by atoms with Gasteiger partial charge in [-0.15, -0.1) is 22.6 Å². The summed E-state index contributed by atoms with van der Waals surface area (Å²) in [6, 6.07) is 7.88. The maximum Gasteiger partial charge on any atom is 0.243 e. The van der Waals surface area contributed by atoms with Gasteiger partial charge in [-0.1, -0.05) is 41.5 Å². The van der Waals surface area contributed by atoms with E-state index in [-0.39, 0.29) is 24.9 Å². The molecule has 2 aromatic rings. The average molecular weight is 349 g/mol. The Bertz CT molecular complexity index is 710. The van der Waals surface area contributed by atoms with Crippen molar-refractivity contribution in [1.29, 1.82) is 0 Å². The molecular weight excluding hydrogens is 328 g/mol. The lowest BCUT2D eigenvalue weighted by Gasteiger charge is -2.14. The second-order valence-corrected chi connectivity index (χ2v) is 5.60. The molecule has 0 saturated carbocycles. The third-order valence-electron chi connectivity index (χ3n) is 3.72. The highest BCUT2D eigenvalue weighted by Gasteiger charge is 2.10. The number of aromatic nitrogens is 4. The highest BCUT2D eigenvalue weighted by molar-refractivity contribution is 5.85. The summed E-state index contributed by atoms with van der Waals surface area (Å²) in [5.41, 5.74) is 3.32. The van der Waals surface area contributed by atoms with Crippen molar-refractivity contribution in [2.24, 2.45) is 0 Å². The molecule has 2 N–H and O–H groups in total. The quantitative estimate of drug-likeness (QED) is 0.791. The van der Waals surface area contributed by atoms with E-state index < -0.39 is 0 Å². The van der Waals surface area contributed by atoms with E-state index in [2.05, 4.69) is 32.1 Å². The number of tetrazole rings is 1. The van der Waals surface area contributed by atoms with Crippen LogP contribution in [0.4, 0.5) is 0 Å². The number of carbonyl (C=O) groups excluding carboxylic acids is 1. The Balaban J connectivity index is 0.00000208. The van der Waals surface area contributed by atoms with Crippen LogP contribution in [0, 0.1) is 6.92 Å². The predicted molar refractivity (Wildman–Crippen MR) is 93.8 cm³/mol. The molecule has 1 amide bonds. The number of hydrogen-bond donors (Lipinski definition) is 2. The zero-order valence-electron chi connectivity index (χ0n) is 13.5. The van der Waals surface area contributed by atoms with Crippen LogP contribution in [0.3, 0.4) is 0 Å². The van der Waals surface area contributed by atoms with Gasteiger partial charge in [0.05, 0.1) is 0 Å². The van der Waals surface area contributed by atoms with Crippen LogP contribution in [-0.4, -0.2) is 45.7 Å². The number of amides is 1. The molecule has 0 atom stereocenters. The zero-order valence-corrected chi connectivity index (χ0v) is 14.3. The van der Waals surface area contributed by atoms with Gasteiger partial charge in [0.1, 0.15) is 6.54 Å². The smallest absolute Gasteiger partial charge is 0.243 e. The minimum absolute atomic E-state index is 0. The predicted octanol–water partition coefficient (Wildman–Crippen LogP) is 1.11. The number of halogens is 1. The summed E-state index contributed by atoms with van der Waals surface area (Å²) in [6.07, 6.45) is 3.09. The van der Waals surface area contributed by atoms with Gasteiger partial charge in [0.2, 0.25) is 11.7 Å². The van der Waals surface area contributed by atoms with Crippen LogP contribution >= 0.6 is 12.4 Å². The fourth-order valence-corrected chi connectivity index (χ4v) is 2.35. The molecule has 0 spiro atoms. The molecular formula is C16H21ClN6O. The fraction of sp³-hybridized carbons (Fsp3) is 0.375. The second-order valence-electron chi connectivity index (χ2n) is 5.60. The largest absolute Gasteiger partial charge is 0.351 e. The molecule has 0 saturated heterocycles. The SMILES string of the molecule is Cc1ccc(-c2nnn(CC(=O)NCC3=CCNCC3)n2)cc1.Cl. The number of hydrogen-bond acceptors (Lipinski definition) is 5. The number of benzene rings is 1. The van der Waals surface area contributed by atoms with Crippen molar-refractivity contribution < 1.29 is 4.79 Å². The van der Waals surface area contributed by atoms with Gasteiger partial charge in [-0.3, -0.25) is 4.79 Å². The van der Waals surface area contributed by atoms with Crippen LogP contribution in [-0.2, 0) is 11.3 Å². The van der Waals surface area contributed by atoms with Crippen molar-refractivity contribution in [3.05, 3.63) is 41.5 Å². The molecule has 1 aliphatic rings. The monoisotopic (exact) mass is 348 g/mol. The topological polar surface area (TPSA) is 84.7 Å². The molecule has 0 radical (unpaired) electrons. The zero-order chi connectivity index (χ0) is 16.1. The van der Waals surface area contributed by atoms with Crippen LogP contribution in [0.1, 0.15) is 12.0 Å². The van der Waals surface area contributed by atoms with Gasteiger partial charge in [0, 0.05) is 18.7 Å². The Morgan fingerprint density at radius 2 is 2.12 bits per heavy atom. The Labute approximate surface area is 146 Å². The van der Waals surface area contributed by atoms with E-state index in [1.807, 2.05) is 31.2 Å². The van der Waals surface area contributed by atoms with Crippen LogP contribution in [0.5, 0.6) is 0 Å². The summed E-state index contributed by atoms with van der Waals surface area (Å²) < 4.78 is 0. The van der Waals surface area contributed by atoms with Gasteiger partial charge in [-0.25, -0.2) is 0 Å². The summed E-state index contributed by atoms with van der Waals surface area (Å²) >= 11 is 0. The van der Waals surface area contributed by atoms with E-state index in [0.717, 1.165) is 25.1 Å². The Kier molecular flexibility index (Phi) is 6.45. The molecule has 1 aromatic carbocycles. The lowest BCUT2D eigenvalue weighted by Crippen LogP contribution is -2.32. The molecule has 8 heteroatoms. The van der Waals surface area contributed by atoms with E-state index in [1.54, 1.807) is 0 Å². The number of rotatable bonds is 5. The Morgan fingerprint density at radius 3 is 2.83 bits per heavy atom. The summed E-state index contributed by atoms with van der Waals surface area (Å²) in [7, 11) is 0. The van der Waals surface area contributed by atoms with E-state index >= 15 is 0 Å². The van der Waals surface area contributed by atoms with E-state index in [1.165, 1.54) is 15.9 Å². The molecule has 7 nitrogen and oxygen atoms in total. The molecule has 0 unspecified atom stereocenters. The maximum absolute atomic E-state index is 12.0. The molecule has 128 valence electrons. The van der Waals surface area contributed by atoms with E-state index in [0.29, 0.717) is 12.4 Å². The first-order valence-electron chi connectivity index (χ1n) is 7.71. The Morgan fingerprint density at radius 1 is 1.33 bits per heavy atom. The summed E-state index contributed by atoms with van der Waals surface area (Å²) in [4.78, 5) is 13.3. The highest BCUT2D eigenvalue weighted by Crippen LogP contribution is 2.13. The minimum atomic E-state index is -0.114.